The number of carbonyl (C=O) groups excluding carboxylic acids is 1. The molecule has 0 spiro atoms. The Morgan fingerprint density at radius 2 is 1.96 bits per heavy atom. The van der Waals surface area contributed by atoms with Gasteiger partial charge in [-0.05, 0) is 31.7 Å². The van der Waals surface area contributed by atoms with Crippen LogP contribution in [-0.4, -0.2) is 44.8 Å². The van der Waals surface area contributed by atoms with Crippen LogP contribution in [-0.2, 0) is 4.79 Å². The summed E-state index contributed by atoms with van der Waals surface area (Å²) in [6.45, 7) is 1.64. The van der Waals surface area contributed by atoms with Crippen LogP contribution in [0.15, 0.2) is 30.9 Å². The third-order valence-electron chi connectivity index (χ3n) is 5.20. The molecule has 4 rings (SSSR count). The maximum absolute atomic E-state index is 12.6. The molecule has 1 unspecified atom stereocenters. The highest BCUT2D eigenvalue weighted by Crippen LogP contribution is 2.24. The van der Waals surface area contributed by atoms with Crippen molar-refractivity contribution in [3.63, 3.8) is 0 Å². The van der Waals surface area contributed by atoms with Gasteiger partial charge in [0.2, 0.25) is 5.91 Å². The number of aromatic nitrogens is 4. The maximum Gasteiger partial charge on any atom is 0.225 e. The molecule has 2 aliphatic rings. The second kappa shape index (κ2) is 7.21. The topological polar surface area (TPSA) is 75.9 Å². The van der Waals surface area contributed by atoms with Crippen LogP contribution >= 0.6 is 0 Å². The first-order valence-corrected chi connectivity index (χ1v) is 9.17. The molecular weight excluding hydrogens is 316 g/mol. The summed E-state index contributed by atoms with van der Waals surface area (Å²) < 4.78 is 1.72. The van der Waals surface area contributed by atoms with Crippen molar-refractivity contribution < 1.29 is 4.79 Å². The summed E-state index contributed by atoms with van der Waals surface area (Å²) in [5, 5.41) is 7.46. The molecule has 1 saturated carbocycles. The van der Waals surface area contributed by atoms with Crippen molar-refractivity contribution in [2.45, 2.75) is 44.6 Å². The van der Waals surface area contributed by atoms with E-state index in [1.165, 1.54) is 12.8 Å². The minimum atomic E-state index is 0.0393. The lowest BCUT2D eigenvalue weighted by atomic mass is 9.96. The van der Waals surface area contributed by atoms with E-state index in [1.54, 1.807) is 17.2 Å². The van der Waals surface area contributed by atoms with Crippen molar-refractivity contribution in [3.05, 3.63) is 30.9 Å². The van der Waals surface area contributed by atoms with Gasteiger partial charge >= 0.3 is 0 Å². The van der Waals surface area contributed by atoms with E-state index in [4.69, 9.17) is 0 Å². The Labute approximate surface area is 147 Å². The summed E-state index contributed by atoms with van der Waals surface area (Å²) in [6, 6.07) is 4.18. The molecule has 1 aliphatic heterocycles. The fourth-order valence-electron chi connectivity index (χ4n) is 3.83. The molecule has 1 atom stereocenters. The zero-order valence-corrected chi connectivity index (χ0v) is 14.3. The second-order valence-electron chi connectivity index (χ2n) is 6.96. The lowest BCUT2D eigenvalue weighted by Gasteiger charge is -2.33. The Balaban J connectivity index is 1.44. The predicted molar refractivity (Wildman–Crippen MR) is 94.5 cm³/mol. The van der Waals surface area contributed by atoms with Gasteiger partial charge in [0.05, 0.1) is 5.92 Å². The molecule has 2 aromatic heterocycles. The Bertz CT molecular complexity index is 710. The third kappa shape index (κ3) is 3.65. The van der Waals surface area contributed by atoms with Crippen molar-refractivity contribution in [1.82, 2.24) is 25.1 Å². The molecule has 3 heterocycles. The molecule has 1 aliphatic carbocycles. The summed E-state index contributed by atoms with van der Waals surface area (Å²) in [4.78, 5) is 23.5. The van der Waals surface area contributed by atoms with Crippen molar-refractivity contribution in [2.75, 3.05) is 18.0 Å². The minimum absolute atomic E-state index is 0.0393. The first-order valence-electron chi connectivity index (χ1n) is 9.17. The molecule has 25 heavy (non-hydrogen) atoms. The van der Waals surface area contributed by atoms with E-state index in [-0.39, 0.29) is 11.8 Å². The summed E-state index contributed by atoms with van der Waals surface area (Å²) >= 11 is 0. The van der Waals surface area contributed by atoms with Gasteiger partial charge < -0.3 is 10.2 Å². The van der Waals surface area contributed by atoms with Crippen LogP contribution in [0, 0.1) is 5.92 Å². The number of anilines is 1. The molecule has 1 amide bonds. The maximum atomic E-state index is 12.6. The Morgan fingerprint density at radius 3 is 2.76 bits per heavy atom. The van der Waals surface area contributed by atoms with Crippen LogP contribution in [0.3, 0.4) is 0 Å². The molecular formula is C18H24N6O. The number of piperidine rings is 1. The lowest BCUT2D eigenvalue weighted by Crippen LogP contribution is -2.45. The van der Waals surface area contributed by atoms with E-state index < -0.39 is 0 Å². The van der Waals surface area contributed by atoms with Gasteiger partial charge in [-0.25, -0.2) is 14.6 Å². The van der Waals surface area contributed by atoms with Gasteiger partial charge in [0.1, 0.15) is 12.1 Å². The summed E-state index contributed by atoms with van der Waals surface area (Å²) in [6.07, 6.45) is 11.8. The van der Waals surface area contributed by atoms with E-state index in [2.05, 4.69) is 25.3 Å². The third-order valence-corrected chi connectivity index (χ3v) is 5.20. The highest BCUT2D eigenvalue weighted by molar-refractivity contribution is 5.79. The van der Waals surface area contributed by atoms with Gasteiger partial charge in [-0.15, -0.1) is 0 Å². The molecule has 132 valence electrons. The number of amides is 1. The van der Waals surface area contributed by atoms with Crippen LogP contribution in [0.25, 0.3) is 5.82 Å². The largest absolute Gasteiger partial charge is 0.356 e. The Morgan fingerprint density at radius 1 is 1.12 bits per heavy atom. The number of hydrogen-bond acceptors (Lipinski definition) is 5. The second-order valence-corrected chi connectivity index (χ2v) is 6.96. The molecule has 1 saturated heterocycles. The van der Waals surface area contributed by atoms with E-state index in [0.717, 1.165) is 43.9 Å². The van der Waals surface area contributed by atoms with E-state index in [0.29, 0.717) is 12.6 Å². The Hall–Kier alpha value is -2.44. The molecule has 7 heteroatoms. The van der Waals surface area contributed by atoms with Gasteiger partial charge in [-0.3, -0.25) is 4.79 Å². The molecule has 0 radical (unpaired) electrons. The van der Waals surface area contributed by atoms with Gasteiger partial charge in [-0.2, -0.15) is 5.10 Å². The fourth-order valence-corrected chi connectivity index (χ4v) is 3.83. The zero-order valence-electron chi connectivity index (χ0n) is 14.3. The molecule has 2 aromatic rings. The lowest BCUT2D eigenvalue weighted by molar-refractivity contribution is -0.125. The van der Waals surface area contributed by atoms with Crippen LogP contribution in [0.4, 0.5) is 5.82 Å². The minimum Gasteiger partial charge on any atom is -0.356 e. The number of carbonyl (C=O) groups is 1. The van der Waals surface area contributed by atoms with E-state index >= 15 is 0 Å². The fraction of sp³-hybridized carbons (Fsp3) is 0.556. The van der Waals surface area contributed by atoms with Crippen molar-refractivity contribution in [1.29, 1.82) is 0 Å². The molecule has 7 nitrogen and oxygen atoms in total. The number of nitrogens with one attached hydrogen (secondary N) is 1. The van der Waals surface area contributed by atoms with Crippen LogP contribution in [0.2, 0.25) is 0 Å². The normalized spacial score (nSPS) is 21.4. The highest BCUT2D eigenvalue weighted by Gasteiger charge is 2.28. The van der Waals surface area contributed by atoms with Gasteiger partial charge in [0.25, 0.3) is 0 Å². The molecule has 0 bridgehead atoms. The Kier molecular flexibility index (Phi) is 4.63. The van der Waals surface area contributed by atoms with E-state index in [9.17, 15) is 4.79 Å². The first kappa shape index (κ1) is 16.1. The van der Waals surface area contributed by atoms with Gasteiger partial charge in [0.15, 0.2) is 5.82 Å². The molecule has 1 N–H and O–H groups in total. The molecule has 0 aromatic carbocycles. The highest BCUT2D eigenvalue weighted by atomic mass is 16.2. The standard InChI is InChI=1S/C18H24N6O/c25-18(22-15-6-1-2-7-15)14-5-3-9-23(12-14)16-11-17(20-13-19-16)24-10-4-8-21-24/h4,8,10-11,13-15H,1-3,5-7,9,12H2,(H,22,25). The van der Waals surface area contributed by atoms with Crippen LogP contribution in [0.5, 0.6) is 0 Å². The average molecular weight is 340 g/mol. The number of rotatable bonds is 4. The summed E-state index contributed by atoms with van der Waals surface area (Å²) in [5.41, 5.74) is 0. The quantitative estimate of drug-likeness (QED) is 0.920. The van der Waals surface area contributed by atoms with Crippen molar-refractivity contribution >= 4 is 11.7 Å². The zero-order chi connectivity index (χ0) is 17.1. The predicted octanol–water partition coefficient (Wildman–Crippen LogP) is 1.94. The first-order chi connectivity index (χ1) is 12.3. The van der Waals surface area contributed by atoms with Crippen molar-refractivity contribution in [3.8, 4) is 5.82 Å². The smallest absolute Gasteiger partial charge is 0.225 e. The van der Waals surface area contributed by atoms with Crippen LogP contribution < -0.4 is 10.2 Å². The van der Waals surface area contributed by atoms with Crippen molar-refractivity contribution in [2.24, 2.45) is 5.92 Å². The van der Waals surface area contributed by atoms with Gasteiger partial charge in [-0.1, -0.05) is 12.8 Å². The van der Waals surface area contributed by atoms with E-state index in [1.807, 2.05) is 18.3 Å². The SMILES string of the molecule is O=C(NC1CCCC1)C1CCCN(c2cc(-n3cccn3)ncn2)C1. The summed E-state index contributed by atoms with van der Waals surface area (Å²) in [5.74, 6) is 1.85. The monoisotopic (exact) mass is 340 g/mol. The number of nitrogens with zero attached hydrogens (tertiary/aromatic N) is 5. The van der Waals surface area contributed by atoms with Gasteiger partial charge in [0, 0.05) is 37.6 Å². The average Bonchev–Trinajstić information content (AvgIpc) is 3.36. The number of hydrogen-bond donors (Lipinski definition) is 1. The molecule has 2 fully saturated rings. The summed E-state index contributed by atoms with van der Waals surface area (Å²) in [7, 11) is 0. The van der Waals surface area contributed by atoms with Crippen LogP contribution in [0.1, 0.15) is 38.5 Å².